The molecule has 1 aliphatic rings. The fourth-order valence-corrected chi connectivity index (χ4v) is 3.30. The third-order valence-electron chi connectivity index (χ3n) is 4.56. The van der Waals surface area contributed by atoms with Gasteiger partial charge in [-0.05, 0) is 19.9 Å². The minimum absolute atomic E-state index is 0.0672. The Hall–Kier alpha value is -2.95. The van der Waals surface area contributed by atoms with Gasteiger partial charge >= 0.3 is 0 Å². The quantitative estimate of drug-likeness (QED) is 0.494. The fraction of sp³-hybridized carbons (Fsp3) is 0.211. The van der Waals surface area contributed by atoms with E-state index in [0.717, 1.165) is 11.4 Å². The van der Waals surface area contributed by atoms with Gasteiger partial charge in [-0.3, -0.25) is 10.1 Å². The van der Waals surface area contributed by atoms with Gasteiger partial charge in [-0.1, -0.05) is 30.3 Å². The molecule has 5 heteroatoms. The highest BCUT2D eigenvalue weighted by molar-refractivity contribution is 6.05. The predicted octanol–water partition coefficient (Wildman–Crippen LogP) is 3.39. The van der Waals surface area contributed by atoms with Crippen molar-refractivity contribution in [2.75, 3.05) is 7.05 Å². The van der Waals surface area contributed by atoms with Crippen LogP contribution in [0.15, 0.2) is 48.5 Å². The topological polar surface area (TPSA) is 69.2 Å². The molecule has 1 aliphatic heterocycles. The molecule has 0 aliphatic carbocycles. The van der Waals surface area contributed by atoms with E-state index in [-0.39, 0.29) is 16.9 Å². The molecular weight excluding hydrogens is 304 g/mol. The third-order valence-corrected chi connectivity index (χ3v) is 4.56. The average molecular weight is 322 g/mol. The molecule has 0 spiro atoms. The lowest BCUT2D eigenvalue weighted by Gasteiger charge is -2.15. The zero-order valence-electron chi connectivity index (χ0n) is 13.8. The zero-order chi connectivity index (χ0) is 17.5. The minimum Gasteiger partial charge on any atom is -0.872 e. The molecule has 0 saturated heterocycles. The van der Waals surface area contributed by atoms with Crippen LogP contribution in [0.4, 0.5) is 11.4 Å². The first-order valence-electron chi connectivity index (χ1n) is 7.66. The lowest BCUT2D eigenvalue weighted by molar-refractivity contribution is -0.401. The number of nitro benzene ring substituents is 1. The number of para-hydroxylation sites is 1. The van der Waals surface area contributed by atoms with Crippen LogP contribution in [0.1, 0.15) is 25.0 Å². The first-order chi connectivity index (χ1) is 11.3. The van der Waals surface area contributed by atoms with Gasteiger partial charge in [0, 0.05) is 23.8 Å². The highest BCUT2D eigenvalue weighted by Gasteiger charge is 2.42. The Morgan fingerprint density at radius 2 is 1.83 bits per heavy atom. The highest BCUT2D eigenvalue weighted by Crippen LogP contribution is 2.39. The van der Waals surface area contributed by atoms with Crippen molar-refractivity contribution in [1.29, 1.82) is 0 Å². The van der Waals surface area contributed by atoms with Gasteiger partial charge in [0.05, 0.1) is 15.9 Å². The summed E-state index contributed by atoms with van der Waals surface area (Å²) >= 11 is 0. The second-order valence-corrected chi connectivity index (χ2v) is 6.40. The summed E-state index contributed by atoms with van der Waals surface area (Å²) in [6.07, 6.45) is 3.51. The number of hydrogen-bond donors (Lipinski definition) is 0. The summed E-state index contributed by atoms with van der Waals surface area (Å²) in [5, 5.41) is 22.7. The van der Waals surface area contributed by atoms with Gasteiger partial charge in [-0.25, -0.2) is 0 Å². The van der Waals surface area contributed by atoms with Crippen molar-refractivity contribution >= 4 is 23.2 Å². The van der Waals surface area contributed by atoms with E-state index in [9.17, 15) is 15.2 Å². The first kappa shape index (κ1) is 15.9. The lowest BCUT2D eigenvalue weighted by atomic mass is 9.81. The van der Waals surface area contributed by atoms with Crippen molar-refractivity contribution in [1.82, 2.24) is 0 Å². The number of hydrogen-bond acceptors (Lipinski definition) is 3. The maximum absolute atomic E-state index is 11.6. The van der Waals surface area contributed by atoms with Gasteiger partial charge in [0.15, 0.2) is 5.71 Å². The molecule has 5 nitrogen and oxygen atoms in total. The predicted molar refractivity (Wildman–Crippen MR) is 91.9 cm³/mol. The summed E-state index contributed by atoms with van der Waals surface area (Å²) in [4.78, 5) is 10.7. The van der Waals surface area contributed by atoms with Crippen LogP contribution in [-0.2, 0) is 5.41 Å². The van der Waals surface area contributed by atoms with E-state index < -0.39 is 4.92 Å². The normalized spacial score (nSPS) is 15.8. The Morgan fingerprint density at radius 3 is 2.50 bits per heavy atom. The molecule has 0 unspecified atom stereocenters. The van der Waals surface area contributed by atoms with Crippen molar-refractivity contribution in [2.24, 2.45) is 0 Å². The summed E-state index contributed by atoms with van der Waals surface area (Å²) in [5.74, 6) is -0.243. The largest absolute Gasteiger partial charge is 0.872 e. The standard InChI is InChI=1S/C19H18N2O3/c1-19(2)15-6-4-5-7-17(15)20(3)18(19)11-8-13-12-14(22)9-10-16(13)21(23)24/h4-12H,1-3H3/b11-8+. The van der Waals surface area contributed by atoms with Crippen LogP contribution < -0.4 is 5.11 Å². The molecule has 0 N–H and O–H groups in total. The van der Waals surface area contributed by atoms with Crippen molar-refractivity contribution in [3.05, 3.63) is 69.8 Å². The summed E-state index contributed by atoms with van der Waals surface area (Å²) in [5.41, 5.74) is 3.39. The first-order valence-corrected chi connectivity index (χ1v) is 7.66. The van der Waals surface area contributed by atoms with Crippen molar-refractivity contribution in [2.45, 2.75) is 19.3 Å². The number of nitro groups is 1. The number of rotatable bonds is 3. The Kier molecular flexibility index (Phi) is 3.72. The number of fused-ring (bicyclic) bond motifs is 1. The monoisotopic (exact) mass is 322 g/mol. The van der Waals surface area contributed by atoms with Crippen molar-refractivity contribution < 1.29 is 14.6 Å². The molecule has 1 heterocycles. The number of nitrogens with zero attached hydrogens (tertiary/aromatic N) is 2. The van der Waals surface area contributed by atoms with Crippen LogP contribution in [0.5, 0.6) is 5.75 Å². The maximum atomic E-state index is 11.6. The number of allylic oxidation sites excluding steroid dienone is 1. The zero-order valence-corrected chi connectivity index (χ0v) is 13.8. The lowest BCUT2D eigenvalue weighted by Crippen LogP contribution is -2.26. The molecular formula is C19H18N2O3. The molecule has 24 heavy (non-hydrogen) atoms. The van der Waals surface area contributed by atoms with Crippen LogP contribution in [0.3, 0.4) is 0 Å². The van der Waals surface area contributed by atoms with Crippen molar-refractivity contribution in [3.8, 4) is 5.75 Å². The molecule has 0 amide bonds. The molecule has 0 bridgehead atoms. The smallest absolute Gasteiger partial charge is 0.276 e. The SMILES string of the molecule is C[N+]1=C(/C=C/c2cc([O-])ccc2[N+](=O)[O-])C(C)(C)c2ccccc21. The van der Waals surface area contributed by atoms with Crippen LogP contribution >= 0.6 is 0 Å². The second-order valence-electron chi connectivity index (χ2n) is 6.40. The molecule has 122 valence electrons. The van der Waals surface area contributed by atoms with Gasteiger partial charge in [0.1, 0.15) is 7.05 Å². The van der Waals surface area contributed by atoms with Gasteiger partial charge in [-0.2, -0.15) is 4.58 Å². The second kappa shape index (κ2) is 5.60. The van der Waals surface area contributed by atoms with Crippen LogP contribution in [0.2, 0.25) is 0 Å². The highest BCUT2D eigenvalue weighted by atomic mass is 16.6. The summed E-state index contributed by atoms with van der Waals surface area (Å²) in [6, 6.07) is 11.9. The van der Waals surface area contributed by atoms with E-state index in [0.29, 0.717) is 5.56 Å². The Morgan fingerprint density at radius 1 is 1.12 bits per heavy atom. The molecule has 2 aromatic rings. The summed E-state index contributed by atoms with van der Waals surface area (Å²) in [6.45, 7) is 4.24. The third kappa shape index (κ3) is 2.48. The summed E-state index contributed by atoms with van der Waals surface area (Å²) < 4.78 is 2.08. The maximum Gasteiger partial charge on any atom is 0.276 e. The van der Waals surface area contributed by atoms with Gasteiger partial charge in [-0.15, -0.1) is 5.75 Å². The van der Waals surface area contributed by atoms with Crippen LogP contribution in [0.25, 0.3) is 6.08 Å². The van der Waals surface area contributed by atoms with E-state index in [1.807, 2.05) is 25.3 Å². The van der Waals surface area contributed by atoms with E-state index in [4.69, 9.17) is 0 Å². The average Bonchev–Trinajstić information content (AvgIpc) is 2.72. The Labute approximate surface area is 140 Å². The molecule has 0 fully saturated rings. The van der Waals surface area contributed by atoms with Crippen molar-refractivity contribution in [3.63, 3.8) is 0 Å². The van der Waals surface area contributed by atoms with E-state index in [1.54, 1.807) is 6.08 Å². The molecule has 0 aromatic heterocycles. The molecule has 0 radical (unpaired) electrons. The van der Waals surface area contributed by atoms with E-state index >= 15 is 0 Å². The van der Waals surface area contributed by atoms with Gasteiger partial charge in [0.2, 0.25) is 5.69 Å². The van der Waals surface area contributed by atoms with Crippen LogP contribution in [-0.4, -0.2) is 22.3 Å². The van der Waals surface area contributed by atoms with E-state index in [1.165, 1.54) is 23.8 Å². The van der Waals surface area contributed by atoms with Gasteiger partial charge < -0.3 is 5.11 Å². The van der Waals surface area contributed by atoms with E-state index in [2.05, 4.69) is 30.6 Å². The molecule has 2 aromatic carbocycles. The summed E-state index contributed by atoms with van der Waals surface area (Å²) in [7, 11) is 1.98. The Bertz CT molecular complexity index is 895. The number of benzene rings is 2. The Balaban J connectivity index is 2.07. The molecule has 3 rings (SSSR count). The minimum atomic E-state index is -0.470. The van der Waals surface area contributed by atoms with Gasteiger partial charge in [0.25, 0.3) is 5.69 Å². The molecule has 0 atom stereocenters. The molecule has 0 saturated carbocycles. The van der Waals surface area contributed by atoms with Crippen LogP contribution in [0, 0.1) is 10.1 Å². The fourth-order valence-electron chi connectivity index (χ4n) is 3.30.